The van der Waals surface area contributed by atoms with Crippen molar-refractivity contribution in [2.75, 3.05) is 18.4 Å². The molecule has 0 saturated carbocycles. The Kier molecular flexibility index (Phi) is 5.13. The van der Waals surface area contributed by atoms with Gasteiger partial charge in [0.1, 0.15) is 0 Å². The largest absolute Gasteiger partial charge is 0.327 e. The molecule has 0 bridgehead atoms. The molecule has 0 aliphatic carbocycles. The number of piperidine rings is 1. The number of carbonyl (C=O) groups is 1. The van der Waals surface area contributed by atoms with Gasteiger partial charge in [0.2, 0.25) is 0 Å². The fraction of sp³-hybridized carbons (Fsp3) is 0.500. The number of urea groups is 1. The minimum Gasteiger partial charge on any atom is -0.327 e. The van der Waals surface area contributed by atoms with E-state index in [0.29, 0.717) is 34.7 Å². The topological polar surface area (TPSA) is 58.4 Å². The van der Waals surface area contributed by atoms with E-state index in [1.165, 1.54) is 0 Å². The highest BCUT2D eigenvalue weighted by Crippen LogP contribution is 2.24. The number of halogens is 2. The standard InChI is InChI=1S/C14H19Cl2N3O/c1-2-9-8-19(4-3-13(9)17)14(20)18-12-6-10(15)5-11(16)7-12/h5-7,9,13H,2-4,8,17H2,1H3,(H,18,20). The molecule has 1 aromatic rings. The van der Waals surface area contributed by atoms with Gasteiger partial charge in [-0.15, -0.1) is 0 Å². The quantitative estimate of drug-likeness (QED) is 0.876. The summed E-state index contributed by atoms with van der Waals surface area (Å²) in [5.41, 5.74) is 6.66. The van der Waals surface area contributed by atoms with Crippen molar-refractivity contribution < 1.29 is 4.79 Å². The lowest BCUT2D eigenvalue weighted by Gasteiger charge is -2.36. The van der Waals surface area contributed by atoms with Gasteiger partial charge in [0.15, 0.2) is 0 Å². The number of nitrogens with zero attached hydrogens (tertiary/aromatic N) is 1. The Balaban J connectivity index is 2.01. The van der Waals surface area contributed by atoms with Crippen LogP contribution in [0.25, 0.3) is 0 Å². The third kappa shape index (κ3) is 3.78. The molecule has 3 N–H and O–H groups in total. The van der Waals surface area contributed by atoms with E-state index in [1.807, 2.05) is 0 Å². The van der Waals surface area contributed by atoms with Gasteiger partial charge in [-0.25, -0.2) is 4.79 Å². The van der Waals surface area contributed by atoms with Crippen molar-refractivity contribution in [3.8, 4) is 0 Å². The number of nitrogens with one attached hydrogen (secondary N) is 1. The highest BCUT2D eigenvalue weighted by Gasteiger charge is 2.28. The lowest BCUT2D eigenvalue weighted by Crippen LogP contribution is -2.50. The third-order valence-corrected chi connectivity index (χ3v) is 4.15. The van der Waals surface area contributed by atoms with Crippen LogP contribution >= 0.6 is 23.2 Å². The minimum absolute atomic E-state index is 0.131. The van der Waals surface area contributed by atoms with Gasteiger partial charge in [0, 0.05) is 34.9 Å². The fourth-order valence-corrected chi connectivity index (χ4v) is 3.02. The summed E-state index contributed by atoms with van der Waals surface area (Å²) < 4.78 is 0. The molecule has 1 aliphatic rings. The minimum atomic E-state index is -0.131. The third-order valence-electron chi connectivity index (χ3n) is 3.72. The molecular formula is C14H19Cl2N3O. The van der Waals surface area contributed by atoms with Gasteiger partial charge in [-0.3, -0.25) is 0 Å². The SMILES string of the molecule is CCC1CN(C(=O)Nc2cc(Cl)cc(Cl)c2)CCC1N. The number of hydrogen-bond acceptors (Lipinski definition) is 2. The Hall–Kier alpha value is -0.970. The summed E-state index contributed by atoms with van der Waals surface area (Å²) in [6.07, 6.45) is 1.82. The maximum atomic E-state index is 12.2. The average molecular weight is 316 g/mol. The van der Waals surface area contributed by atoms with Crippen LogP contribution in [0.15, 0.2) is 18.2 Å². The molecule has 2 unspecified atom stereocenters. The maximum Gasteiger partial charge on any atom is 0.321 e. The van der Waals surface area contributed by atoms with Crippen molar-refractivity contribution in [2.24, 2.45) is 11.7 Å². The smallest absolute Gasteiger partial charge is 0.321 e. The first-order chi connectivity index (χ1) is 9.49. The van der Waals surface area contributed by atoms with Crippen LogP contribution in [0.4, 0.5) is 10.5 Å². The summed E-state index contributed by atoms with van der Waals surface area (Å²) in [4.78, 5) is 14.0. The van der Waals surface area contributed by atoms with Crippen molar-refractivity contribution in [3.63, 3.8) is 0 Å². The molecule has 1 aromatic carbocycles. The van der Waals surface area contributed by atoms with Crippen molar-refractivity contribution in [2.45, 2.75) is 25.8 Å². The Morgan fingerprint density at radius 3 is 2.65 bits per heavy atom. The van der Waals surface area contributed by atoms with E-state index in [9.17, 15) is 4.79 Å². The molecule has 2 amide bonds. The van der Waals surface area contributed by atoms with Crippen LogP contribution in [0.3, 0.4) is 0 Å². The van der Waals surface area contributed by atoms with Crippen LogP contribution in [-0.4, -0.2) is 30.1 Å². The fourth-order valence-electron chi connectivity index (χ4n) is 2.50. The highest BCUT2D eigenvalue weighted by molar-refractivity contribution is 6.35. The van der Waals surface area contributed by atoms with Crippen molar-refractivity contribution in [1.29, 1.82) is 0 Å². The van der Waals surface area contributed by atoms with E-state index >= 15 is 0 Å². The molecule has 2 atom stereocenters. The highest BCUT2D eigenvalue weighted by atomic mass is 35.5. The number of anilines is 1. The number of amides is 2. The number of carbonyl (C=O) groups excluding carboxylic acids is 1. The van der Waals surface area contributed by atoms with E-state index < -0.39 is 0 Å². The van der Waals surface area contributed by atoms with Crippen molar-refractivity contribution in [1.82, 2.24) is 4.90 Å². The Bertz CT molecular complexity index is 475. The number of hydrogen-bond donors (Lipinski definition) is 2. The van der Waals surface area contributed by atoms with E-state index in [1.54, 1.807) is 23.1 Å². The Labute approximate surface area is 129 Å². The number of rotatable bonds is 2. The van der Waals surface area contributed by atoms with Gasteiger partial charge >= 0.3 is 6.03 Å². The van der Waals surface area contributed by atoms with Gasteiger partial charge < -0.3 is 16.0 Å². The Morgan fingerprint density at radius 1 is 1.40 bits per heavy atom. The second-order valence-electron chi connectivity index (χ2n) is 5.16. The van der Waals surface area contributed by atoms with Gasteiger partial charge in [-0.1, -0.05) is 36.5 Å². The van der Waals surface area contributed by atoms with Crippen LogP contribution in [0.2, 0.25) is 10.0 Å². The van der Waals surface area contributed by atoms with E-state index in [0.717, 1.165) is 12.8 Å². The zero-order valence-corrected chi connectivity index (χ0v) is 12.9. The molecular weight excluding hydrogens is 297 g/mol. The zero-order valence-electron chi connectivity index (χ0n) is 11.4. The molecule has 110 valence electrons. The first-order valence-corrected chi connectivity index (χ1v) is 7.52. The molecule has 1 fully saturated rings. The summed E-state index contributed by atoms with van der Waals surface area (Å²) in [5, 5.41) is 3.83. The monoisotopic (exact) mass is 315 g/mol. The van der Waals surface area contributed by atoms with Gasteiger partial charge in [-0.05, 0) is 30.5 Å². The lowest BCUT2D eigenvalue weighted by molar-refractivity contribution is 0.164. The van der Waals surface area contributed by atoms with E-state index in [2.05, 4.69) is 12.2 Å². The molecule has 1 aliphatic heterocycles. The lowest BCUT2D eigenvalue weighted by atomic mass is 9.91. The number of benzene rings is 1. The molecule has 2 rings (SSSR count). The van der Waals surface area contributed by atoms with Crippen LogP contribution in [-0.2, 0) is 0 Å². The predicted octanol–water partition coefficient (Wildman–Crippen LogP) is 3.58. The van der Waals surface area contributed by atoms with Gasteiger partial charge in [0.05, 0.1) is 0 Å². The first-order valence-electron chi connectivity index (χ1n) is 6.77. The summed E-state index contributed by atoms with van der Waals surface area (Å²) in [6.45, 7) is 3.47. The van der Waals surface area contributed by atoms with Crippen LogP contribution in [0.1, 0.15) is 19.8 Å². The molecule has 20 heavy (non-hydrogen) atoms. The Morgan fingerprint density at radius 2 is 2.05 bits per heavy atom. The summed E-state index contributed by atoms with van der Waals surface area (Å²) in [5.74, 6) is 0.359. The van der Waals surface area contributed by atoms with Crippen LogP contribution in [0, 0.1) is 5.92 Å². The average Bonchev–Trinajstić information content (AvgIpc) is 2.37. The number of likely N-dealkylation sites (tertiary alicyclic amines) is 1. The van der Waals surface area contributed by atoms with Gasteiger partial charge in [0.25, 0.3) is 0 Å². The molecule has 6 heteroatoms. The molecule has 0 radical (unpaired) electrons. The van der Waals surface area contributed by atoms with Gasteiger partial charge in [-0.2, -0.15) is 0 Å². The van der Waals surface area contributed by atoms with Crippen LogP contribution in [0.5, 0.6) is 0 Å². The first kappa shape index (κ1) is 15.4. The second kappa shape index (κ2) is 6.66. The molecule has 1 heterocycles. The zero-order chi connectivity index (χ0) is 14.7. The van der Waals surface area contributed by atoms with Crippen molar-refractivity contribution in [3.05, 3.63) is 28.2 Å². The summed E-state index contributed by atoms with van der Waals surface area (Å²) >= 11 is 11.8. The van der Waals surface area contributed by atoms with E-state index in [-0.39, 0.29) is 12.1 Å². The summed E-state index contributed by atoms with van der Waals surface area (Å²) in [6, 6.07) is 5.04. The van der Waals surface area contributed by atoms with Crippen molar-refractivity contribution >= 4 is 34.9 Å². The number of nitrogens with two attached hydrogens (primary N) is 1. The maximum absolute atomic E-state index is 12.2. The molecule has 1 saturated heterocycles. The molecule has 0 spiro atoms. The van der Waals surface area contributed by atoms with E-state index in [4.69, 9.17) is 28.9 Å². The van der Waals surface area contributed by atoms with Crippen LogP contribution < -0.4 is 11.1 Å². The molecule has 4 nitrogen and oxygen atoms in total. The predicted molar refractivity (Wildman–Crippen MR) is 83.4 cm³/mol. The normalized spacial score (nSPS) is 22.7. The molecule has 0 aromatic heterocycles. The second-order valence-corrected chi connectivity index (χ2v) is 6.03. The summed E-state index contributed by atoms with van der Waals surface area (Å²) in [7, 11) is 0.